The Labute approximate surface area is 90.5 Å². The standard InChI is InChI=1S/C10H19N5/c1-8-9(2)14-15-10(13-8)12-7-5-3-4-6-11/h3-7,11H2,1-2H3,(H,12,13,15). The zero-order chi connectivity index (χ0) is 11.1. The van der Waals surface area contributed by atoms with Gasteiger partial charge in [-0.25, -0.2) is 4.98 Å². The molecule has 1 aromatic heterocycles. The maximum Gasteiger partial charge on any atom is 0.242 e. The Kier molecular flexibility index (Phi) is 4.97. The summed E-state index contributed by atoms with van der Waals surface area (Å²) in [6.07, 6.45) is 3.31. The van der Waals surface area contributed by atoms with Crippen LogP contribution in [-0.4, -0.2) is 28.3 Å². The smallest absolute Gasteiger partial charge is 0.242 e. The van der Waals surface area contributed by atoms with Crippen molar-refractivity contribution in [2.24, 2.45) is 5.73 Å². The van der Waals surface area contributed by atoms with E-state index in [1.807, 2.05) is 13.8 Å². The first-order valence-electron chi connectivity index (χ1n) is 5.36. The number of unbranched alkanes of at least 4 members (excludes halogenated alkanes) is 2. The molecule has 0 aliphatic carbocycles. The van der Waals surface area contributed by atoms with Crippen LogP contribution >= 0.6 is 0 Å². The highest BCUT2D eigenvalue weighted by Gasteiger charge is 1.99. The molecule has 0 radical (unpaired) electrons. The van der Waals surface area contributed by atoms with Crippen molar-refractivity contribution in [2.75, 3.05) is 18.4 Å². The summed E-state index contributed by atoms with van der Waals surface area (Å²) in [6, 6.07) is 0. The van der Waals surface area contributed by atoms with Crippen LogP contribution in [0.4, 0.5) is 5.95 Å². The molecule has 0 spiro atoms. The average Bonchev–Trinajstić information content (AvgIpc) is 2.23. The lowest BCUT2D eigenvalue weighted by Crippen LogP contribution is -2.09. The average molecular weight is 209 g/mol. The molecule has 0 saturated heterocycles. The number of nitrogens with one attached hydrogen (secondary N) is 1. The van der Waals surface area contributed by atoms with Crippen molar-refractivity contribution in [1.82, 2.24) is 15.2 Å². The largest absolute Gasteiger partial charge is 0.353 e. The predicted molar refractivity (Wildman–Crippen MR) is 60.7 cm³/mol. The summed E-state index contributed by atoms with van der Waals surface area (Å²) in [5, 5.41) is 11.1. The summed E-state index contributed by atoms with van der Waals surface area (Å²) in [4.78, 5) is 4.28. The molecule has 0 unspecified atom stereocenters. The second-order valence-corrected chi connectivity index (χ2v) is 3.58. The molecule has 0 atom stereocenters. The van der Waals surface area contributed by atoms with Crippen LogP contribution in [0.2, 0.25) is 0 Å². The van der Waals surface area contributed by atoms with Gasteiger partial charge in [0.15, 0.2) is 0 Å². The first-order valence-corrected chi connectivity index (χ1v) is 5.36. The lowest BCUT2D eigenvalue weighted by atomic mass is 10.2. The molecule has 0 bridgehead atoms. The molecule has 0 fully saturated rings. The van der Waals surface area contributed by atoms with Crippen molar-refractivity contribution in [3.05, 3.63) is 11.4 Å². The van der Waals surface area contributed by atoms with Crippen LogP contribution in [-0.2, 0) is 0 Å². The van der Waals surface area contributed by atoms with E-state index in [0.29, 0.717) is 5.95 Å². The Hall–Kier alpha value is -1.23. The molecule has 1 heterocycles. The molecule has 0 amide bonds. The topological polar surface area (TPSA) is 76.7 Å². The van der Waals surface area contributed by atoms with Crippen molar-refractivity contribution in [3.8, 4) is 0 Å². The Morgan fingerprint density at radius 1 is 1.07 bits per heavy atom. The molecule has 5 heteroatoms. The third-order valence-corrected chi connectivity index (χ3v) is 2.26. The van der Waals surface area contributed by atoms with Gasteiger partial charge in [0.05, 0.1) is 11.4 Å². The number of aryl methyl sites for hydroxylation is 2. The van der Waals surface area contributed by atoms with E-state index in [1.54, 1.807) is 0 Å². The minimum atomic E-state index is 0.617. The van der Waals surface area contributed by atoms with E-state index < -0.39 is 0 Å². The molecule has 0 aliphatic heterocycles. The molecule has 15 heavy (non-hydrogen) atoms. The van der Waals surface area contributed by atoms with Crippen LogP contribution < -0.4 is 11.1 Å². The van der Waals surface area contributed by atoms with Crippen LogP contribution in [0, 0.1) is 13.8 Å². The van der Waals surface area contributed by atoms with Gasteiger partial charge in [-0.05, 0) is 33.2 Å². The van der Waals surface area contributed by atoms with Crippen molar-refractivity contribution < 1.29 is 0 Å². The summed E-state index contributed by atoms with van der Waals surface area (Å²) < 4.78 is 0. The Morgan fingerprint density at radius 3 is 2.53 bits per heavy atom. The number of rotatable bonds is 6. The monoisotopic (exact) mass is 209 g/mol. The molecule has 3 N–H and O–H groups in total. The highest BCUT2D eigenvalue weighted by molar-refractivity contribution is 5.24. The minimum absolute atomic E-state index is 0.617. The van der Waals surface area contributed by atoms with Gasteiger partial charge in [-0.2, -0.15) is 5.10 Å². The third-order valence-electron chi connectivity index (χ3n) is 2.26. The predicted octanol–water partition coefficient (Wildman–Crippen LogP) is 1.03. The summed E-state index contributed by atoms with van der Waals surface area (Å²) >= 11 is 0. The van der Waals surface area contributed by atoms with Crippen molar-refractivity contribution in [3.63, 3.8) is 0 Å². The fraction of sp³-hybridized carbons (Fsp3) is 0.700. The quantitative estimate of drug-likeness (QED) is 0.684. The summed E-state index contributed by atoms with van der Waals surface area (Å²) in [7, 11) is 0. The molecular formula is C10H19N5. The van der Waals surface area contributed by atoms with Gasteiger partial charge in [0.1, 0.15) is 0 Å². The normalized spacial score (nSPS) is 10.3. The first-order chi connectivity index (χ1) is 7.24. The lowest BCUT2D eigenvalue weighted by Gasteiger charge is -2.04. The van der Waals surface area contributed by atoms with Crippen LogP contribution in [0.5, 0.6) is 0 Å². The molecule has 1 aromatic rings. The molecule has 1 rings (SSSR count). The fourth-order valence-corrected chi connectivity index (χ4v) is 1.18. The molecule has 5 nitrogen and oxygen atoms in total. The molecule has 0 saturated carbocycles. The first kappa shape index (κ1) is 11.8. The number of aromatic nitrogens is 3. The van der Waals surface area contributed by atoms with Gasteiger partial charge in [-0.1, -0.05) is 6.42 Å². The molecule has 0 aliphatic rings. The van der Waals surface area contributed by atoms with Crippen molar-refractivity contribution in [1.29, 1.82) is 0 Å². The van der Waals surface area contributed by atoms with E-state index in [9.17, 15) is 0 Å². The zero-order valence-electron chi connectivity index (χ0n) is 9.45. The second-order valence-electron chi connectivity index (χ2n) is 3.58. The number of anilines is 1. The number of hydrogen-bond acceptors (Lipinski definition) is 5. The fourth-order valence-electron chi connectivity index (χ4n) is 1.18. The Bertz CT molecular complexity index is 300. The number of nitrogens with zero attached hydrogens (tertiary/aromatic N) is 3. The van der Waals surface area contributed by atoms with Crippen molar-refractivity contribution in [2.45, 2.75) is 33.1 Å². The van der Waals surface area contributed by atoms with Gasteiger partial charge in [-0.15, -0.1) is 5.10 Å². The van der Waals surface area contributed by atoms with Gasteiger partial charge in [-0.3, -0.25) is 0 Å². The van der Waals surface area contributed by atoms with Gasteiger partial charge in [0.25, 0.3) is 0 Å². The van der Waals surface area contributed by atoms with E-state index in [0.717, 1.165) is 43.7 Å². The van der Waals surface area contributed by atoms with E-state index in [1.165, 1.54) is 0 Å². The Balaban J connectivity index is 2.28. The van der Waals surface area contributed by atoms with Crippen LogP contribution in [0.15, 0.2) is 0 Å². The van der Waals surface area contributed by atoms with E-state index in [-0.39, 0.29) is 0 Å². The summed E-state index contributed by atoms with van der Waals surface area (Å²) in [5.41, 5.74) is 7.21. The molecule has 84 valence electrons. The van der Waals surface area contributed by atoms with Crippen LogP contribution in [0.3, 0.4) is 0 Å². The zero-order valence-corrected chi connectivity index (χ0v) is 9.45. The third kappa shape index (κ3) is 4.20. The summed E-state index contributed by atoms with van der Waals surface area (Å²) in [5.74, 6) is 0.617. The van der Waals surface area contributed by atoms with Crippen LogP contribution in [0.1, 0.15) is 30.7 Å². The maximum absolute atomic E-state index is 5.40. The van der Waals surface area contributed by atoms with E-state index in [4.69, 9.17) is 5.73 Å². The van der Waals surface area contributed by atoms with Gasteiger partial charge in [0, 0.05) is 6.54 Å². The number of hydrogen-bond donors (Lipinski definition) is 2. The molecule has 0 aromatic carbocycles. The second kappa shape index (κ2) is 6.29. The number of nitrogens with two attached hydrogens (primary N) is 1. The highest BCUT2D eigenvalue weighted by atomic mass is 15.2. The molecular weight excluding hydrogens is 190 g/mol. The van der Waals surface area contributed by atoms with E-state index in [2.05, 4.69) is 20.5 Å². The van der Waals surface area contributed by atoms with Gasteiger partial charge >= 0.3 is 0 Å². The SMILES string of the molecule is Cc1nnc(NCCCCCN)nc1C. The minimum Gasteiger partial charge on any atom is -0.353 e. The van der Waals surface area contributed by atoms with Crippen LogP contribution in [0.25, 0.3) is 0 Å². The maximum atomic E-state index is 5.40. The van der Waals surface area contributed by atoms with Gasteiger partial charge in [0.2, 0.25) is 5.95 Å². The van der Waals surface area contributed by atoms with E-state index >= 15 is 0 Å². The van der Waals surface area contributed by atoms with Gasteiger partial charge < -0.3 is 11.1 Å². The van der Waals surface area contributed by atoms with Crippen molar-refractivity contribution >= 4 is 5.95 Å². The Morgan fingerprint density at radius 2 is 1.87 bits per heavy atom. The summed E-state index contributed by atoms with van der Waals surface area (Å²) in [6.45, 7) is 5.48. The highest BCUT2D eigenvalue weighted by Crippen LogP contribution is 2.02. The lowest BCUT2D eigenvalue weighted by molar-refractivity contribution is 0.703.